The van der Waals surface area contributed by atoms with Gasteiger partial charge in [-0.3, -0.25) is 4.79 Å². The minimum absolute atomic E-state index is 0.0587. The van der Waals surface area contributed by atoms with Crippen molar-refractivity contribution in [1.82, 2.24) is 5.32 Å². The van der Waals surface area contributed by atoms with E-state index in [1.54, 1.807) is 0 Å². The molecule has 3 nitrogen and oxygen atoms in total. The third-order valence-corrected chi connectivity index (χ3v) is 2.96. The fourth-order valence-corrected chi connectivity index (χ4v) is 1.58. The molecule has 1 aromatic carbocycles. The van der Waals surface area contributed by atoms with Gasteiger partial charge in [-0.15, -0.1) is 0 Å². The van der Waals surface area contributed by atoms with Crippen molar-refractivity contribution in [1.29, 1.82) is 0 Å². The maximum absolute atomic E-state index is 11.6. The van der Waals surface area contributed by atoms with E-state index in [4.69, 9.17) is 4.74 Å². The van der Waals surface area contributed by atoms with Gasteiger partial charge in [-0.25, -0.2) is 0 Å². The van der Waals surface area contributed by atoms with Gasteiger partial charge in [0.05, 0.1) is 0 Å². The highest BCUT2D eigenvalue weighted by atomic mass is 16.5. The summed E-state index contributed by atoms with van der Waals surface area (Å²) in [4.78, 5) is 11.6. The van der Waals surface area contributed by atoms with Crippen LogP contribution >= 0.6 is 0 Å². The van der Waals surface area contributed by atoms with Gasteiger partial charge in [-0.2, -0.15) is 0 Å². The predicted molar refractivity (Wildman–Crippen MR) is 73.9 cm³/mol. The molecule has 0 heterocycles. The van der Waals surface area contributed by atoms with E-state index in [0.717, 1.165) is 17.7 Å². The fourth-order valence-electron chi connectivity index (χ4n) is 1.58. The predicted octanol–water partition coefficient (Wildman–Crippen LogP) is 2.84. The van der Waals surface area contributed by atoms with E-state index in [1.807, 2.05) is 32.0 Å². The van der Waals surface area contributed by atoms with Crippen molar-refractivity contribution < 1.29 is 9.53 Å². The lowest BCUT2D eigenvalue weighted by Crippen LogP contribution is -2.30. The molecule has 0 spiro atoms. The lowest BCUT2D eigenvalue weighted by molar-refractivity contribution is -0.123. The van der Waals surface area contributed by atoms with E-state index in [2.05, 4.69) is 19.2 Å². The largest absolute Gasteiger partial charge is 0.483 e. The minimum Gasteiger partial charge on any atom is -0.483 e. The molecule has 1 rings (SSSR count). The standard InChI is InChI=1S/C15H23NO2/c1-11(2)8-9-16-15(17)10-18-14-7-5-6-12(3)13(14)4/h5-7,11H,8-10H2,1-4H3,(H,16,17). The summed E-state index contributed by atoms with van der Waals surface area (Å²) in [5.74, 6) is 1.33. The van der Waals surface area contributed by atoms with Crippen LogP contribution in [0.4, 0.5) is 0 Å². The molecule has 1 N–H and O–H groups in total. The summed E-state index contributed by atoms with van der Waals surface area (Å²) in [6, 6.07) is 5.86. The number of rotatable bonds is 6. The molecule has 100 valence electrons. The molecule has 0 saturated heterocycles. The van der Waals surface area contributed by atoms with E-state index in [9.17, 15) is 4.79 Å². The summed E-state index contributed by atoms with van der Waals surface area (Å²) in [7, 11) is 0. The highest BCUT2D eigenvalue weighted by Gasteiger charge is 2.05. The minimum atomic E-state index is -0.0587. The molecule has 0 aliphatic heterocycles. The third kappa shape index (κ3) is 4.78. The monoisotopic (exact) mass is 249 g/mol. The van der Waals surface area contributed by atoms with Crippen molar-refractivity contribution in [3.05, 3.63) is 29.3 Å². The molecule has 0 aliphatic rings. The first-order valence-corrected chi connectivity index (χ1v) is 6.46. The average molecular weight is 249 g/mol. The number of nitrogens with one attached hydrogen (secondary N) is 1. The first-order chi connectivity index (χ1) is 8.50. The Morgan fingerprint density at radius 1 is 1.33 bits per heavy atom. The zero-order chi connectivity index (χ0) is 13.5. The van der Waals surface area contributed by atoms with Crippen LogP contribution in [-0.4, -0.2) is 19.1 Å². The number of hydrogen-bond donors (Lipinski definition) is 1. The highest BCUT2D eigenvalue weighted by Crippen LogP contribution is 2.20. The van der Waals surface area contributed by atoms with E-state index in [-0.39, 0.29) is 12.5 Å². The summed E-state index contributed by atoms with van der Waals surface area (Å²) >= 11 is 0. The molecule has 0 bridgehead atoms. The Bertz CT molecular complexity index is 399. The number of hydrogen-bond acceptors (Lipinski definition) is 2. The zero-order valence-electron chi connectivity index (χ0n) is 11.7. The van der Waals surface area contributed by atoms with Gasteiger partial charge < -0.3 is 10.1 Å². The summed E-state index contributed by atoms with van der Waals surface area (Å²) in [6.45, 7) is 9.11. The van der Waals surface area contributed by atoms with Crippen molar-refractivity contribution in [3.63, 3.8) is 0 Å². The molecular weight excluding hydrogens is 226 g/mol. The van der Waals surface area contributed by atoms with E-state index in [1.165, 1.54) is 5.56 Å². The first-order valence-electron chi connectivity index (χ1n) is 6.46. The van der Waals surface area contributed by atoms with Crippen molar-refractivity contribution in [3.8, 4) is 5.75 Å². The van der Waals surface area contributed by atoms with Crippen molar-refractivity contribution >= 4 is 5.91 Å². The van der Waals surface area contributed by atoms with Gasteiger partial charge in [0.2, 0.25) is 0 Å². The number of aryl methyl sites for hydroxylation is 1. The van der Waals surface area contributed by atoms with Gasteiger partial charge in [-0.05, 0) is 43.4 Å². The molecule has 0 radical (unpaired) electrons. The van der Waals surface area contributed by atoms with Crippen LogP contribution in [0, 0.1) is 19.8 Å². The topological polar surface area (TPSA) is 38.3 Å². The van der Waals surface area contributed by atoms with Gasteiger partial charge in [-0.1, -0.05) is 26.0 Å². The van der Waals surface area contributed by atoms with Crippen LogP contribution in [0.2, 0.25) is 0 Å². The molecule has 0 saturated carbocycles. The molecule has 18 heavy (non-hydrogen) atoms. The molecule has 3 heteroatoms. The van der Waals surface area contributed by atoms with Crippen LogP contribution in [0.5, 0.6) is 5.75 Å². The lowest BCUT2D eigenvalue weighted by atomic mass is 10.1. The van der Waals surface area contributed by atoms with Gasteiger partial charge in [0.1, 0.15) is 5.75 Å². The quantitative estimate of drug-likeness (QED) is 0.842. The third-order valence-electron chi connectivity index (χ3n) is 2.96. The average Bonchev–Trinajstić information content (AvgIpc) is 2.30. The number of benzene rings is 1. The van der Waals surface area contributed by atoms with Gasteiger partial charge >= 0.3 is 0 Å². The van der Waals surface area contributed by atoms with Crippen LogP contribution in [0.1, 0.15) is 31.4 Å². The Balaban J connectivity index is 2.36. The smallest absolute Gasteiger partial charge is 0.257 e. The summed E-state index contributed by atoms with van der Waals surface area (Å²) in [5, 5.41) is 2.85. The Hall–Kier alpha value is -1.51. The zero-order valence-corrected chi connectivity index (χ0v) is 11.7. The molecule has 0 unspecified atom stereocenters. The van der Waals surface area contributed by atoms with Crippen molar-refractivity contribution in [2.45, 2.75) is 34.1 Å². The van der Waals surface area contributed by atoms with Crippen molar-refractivity contribution in [2.24, 2.45) is 5.92 Å². The first kappa shape index (κ1) is 14.6. The SMILES string of the molecule is Cc1cccc(OCC(=O)NCCC(C)C)c1C. The summed E-state index contributed by atoms with van der Waals surface area (Å²) < 4.78 is 5.52. The second-order valence-corrected chi connectivity index (χ2v) is 5.02. The lowest BCUT2D eigenvalue weighted by Gasteiger charge is -2.11. The number of carbonyl (C=O) groups excluding carboxylic acids is 1. The Morgan fingerprint density at radius 2 is 2.06 bits per heavy atom. The number of amides is 1. The summed E-state index contributed by atoms with van der Waals surface area (Å²) in [5.41, 5.74) is 2.26. The molecule has 1 aromatic rings. The molecule has 0 aromatic heterocycles. The van der Waals surface area contributed by atoms with Gasteiger partial charge in [0.25, 0.3) is 5.91 Å². The van der Waals surface area contributed by atoms with Crippen LogP contribution in [0.25, 0.3) is 0 Å². The maximum Gasteiger partial charge on any atom is 0.257 e. The molecule has 0 aliphatic carbocycles. The number of carbonyl (C=O) groups is 1. The van der Waals surface area contributed by atoms with Crippen LogP contribution in [0.15, 0.2) is 18.2 Å². The molecule has 0 atom stereocenters. The Kier molecular flexibility index (Phi) is 5.69. The molecule has 0 fully saturated rings. The second-order valence-electron chi connectivity index (χ2n) is 5.02. The highest BCUT2D eigenvalue weighted by molar-refractivity contribution is 5.77. The molecule has 1 amide bonds. The number of ether oxygens (including phenoxy) is 1. The van der Waals surface area contributed by atoms with Gasteiger partial charge in [0.15, 0.2) is 6.61 Å². The van der Waals surface area contributed by atoms with Gasteiger partial charge in [0, 0.05) is 6.54 Å². The fraction of sp³-hybridized carbons (Fsp3) is 0.533. The van der Waals surface area contributed by atoms with E-state index >= 15 is 0 Å². The van der Waals surface area contributed by atoms with Crippen LogP contribution in [-0.2, 0) is 4.79 Å². The maximum atomic E-state index is 11.6. The van der Waals surface area contributed by atoms with Crippen molar-refractivity contribution in [2.75, 3.05) is 13.2 Å². The van der Waals surface area contributed by atoms with Crippen LogP contribution < -0.4 is 10.1 Å². The Morgan fingerprint density at radius 3 is 2.72 bits per heavy atom. The van der Waals surface area contributed by atoms with E-state index in [0.29, 0.717) is 12.5 Å². The second kappa shape index (κ2) is 7.04. The molecular formula is C15H23NO2. The van der Waals surface area contributed by atoms with E-state index < -0.39 is 0 Å². The Labute approximate surface area is 110 Å². The summed E-state index contributed by atoms with van der Waals surface area (Å²) in [6.07, 6.45) is 0.995. The van der Waals surface area contributed by atoms with Crippen LogP contribution in [0.3, 0.4) is 0 Å². The normalized spacial score (nSPS) is 10.5.